The first-order valence-electron chi connectivity index (χ1n) is 6.25. The Bertz CT molecular complexity index is 570. The highest BCUT2D eigenvalue weighted by molar-refractivity contribution is 6.31. The van der Waals surface area contributed by atoms with E-state index in [4.69, 9.17) is 11.6 Å². The van der Waals surface area contributed by atoms with Crippen molar-refractivity contribution in [3.63, 3.8) is 0 Å². The Hall–Kier alpha value is -1.88. The van der Waals surface area contributed by atoms with Crippen molar-refractivity contribution in [1.82, 2.24) is 15.2 Å². The van der Waals surface area contributed by atoms with Crippen molar-refractivity contribution in [3.05, 3.63) is 41.0 Å². The predicted molar refractivity (Wildman–Crippen MR) is 75.3 cm³/mol. The maximum absolute atomic E-state index is 6.09. The van der Waals surface area contributed by atoms with E-state index in [0.29, 0.717) is 18.5 Å². The lowest BCUT2D eigenvalue weighted by molar-refractivity contribution is 0.937. The standard InChI is InChI=1S/C13H14ClN5/c14-11-4-2-1-3-9(11)7-15-13-18-12(8-16-19-13)17-10-5-6-10/h1-4,8,10H,5-7H2,(H2,15,17,18,19). The monoisotopic (exact) mass is 275 g/mol. The van der Waals surface area contributed by atoms with Crippen LogP contribution in [0.2, 0.25) is 5.02 Å². The van der Waals surface area contributed by atoms with E-state index in [1.165, 1.54) is 12.8 Å². The smallest absolute Gasteiger partial charge is 0.244 e. The van der Waals surface area contributed by atoms with Crippen molar-refractivity contribution in [3.8, 4) is 0 Å². The molecule has 2 N–H and O–H groups in total. The van der Waals surface area contributed by atoms with Gasteiger partial charge in [-0.3, -0.25) is 0 Å². The van der Waals surface area contributed by atoms with Crippen LogP contribution in [0.4, 0.5) is 11.8 Å². The second-order valence-corrected chi connectivity index (χ2v) is 4.94. The summed E-state index contributed by atoms with van der Waals surface area (Å²) in [6.07, 6.45) is 4.04. The summed E-state index contributed by atoms with van der Waals surface area (Å²) in [6.45, 7) is 0.578. The molecule has 0 atom stereocenters. The topological polar surface area (TPSA) is 62.7 Å². The molecule has 5 nitrogen and oxygen atoms in total. The van der Waals surface area contributed by atoms with Gasteiger partial charge in [-0.15, -0.1) is 5.10 Å². The van der Waals surface area contributed by atoms with Crippen molar-refractivity contribution < 1.29 is 0 Å². The average molecular weight is 276 g/mol. The molecule has 0 saturated heterocycles. The first-order chi connectivity index (χ1) is 9.31. The van der Waals surface area contributed by atoms with Crippen LogP contribution in [0.25, 0.3) is 0 Å². The molecule has 0 spiro atoms. The van der Waals surface area contributed by atoms with Gasteiger partial charge in [0, 0.05) is 17.6 Å². The summed E-state index contributed by atoms with van der Waals surface area (Å²) in [5, 5.41) is 15.0. The van der Waals surface area contributed by atoms with E-state index in [9.17, 15) is 0 Å². The molecule has 0 unspecified atom stereocenters. The van der Waals surface area contributed by atoms with Crippen LogP contribution in [0.3, 0.4) is 0 Å². The van der Waals surface area contributed by atoms with Gasteiger partial charge in [-0.25, -0.2) is 0 Å². The van der Waals surface area contributed by atoms with Crippen LogP contribution in [0, 0.1) is 0 Å². The lowest BCUT2D eigenvalue weighted by atomic mass is 10.2. The highest BCUT2D eigenvalue weighted by Gasteiger charge is 2.21. The quantitative estimate of drug-likeness (QED) is 0.878. The second-order valence-electron chi connectivity index (χ2n) is 4.53. The molecule has 1 saturated carbocycles. The van der Waals surface area contributed by atoms with E-state index in [-0.39, 0.29) is 0 Å². The molecule has 1 heterocycles. The van der Waals surface area contributed by atoms with E-state index < -0.39 is 0 Å². The Balaban J connectivity index is 1.64. The Kier molecular flexibility index (Phi) is 3.46. The molecule has 1 aliphatic rings. The molecule has 6 heteroatoms. The van der Waals surface area contributed by atoms with Crippen molar-refractivity contribution >= 4 is 23.4 Å². The zero-order valence-electron chi connectivity index (χ0n) is 10.3. The third-order valence-electron chi connectivity index (χ3n) is 2.88. The van der Waals surface area contributed by atoms with Gasteiger partial charge in [0.25, 0.3) is 0 Å². The highest BCUT2D eigenvalue weighted by atomic mass is 35.5. The SMILES string of the molecule is Clc1ccccc1CNc1nncc(NC2CC2)n1. The van der Waals surface area contributed by atoms with Crippen LogP contribution in [-0.4, -0.2) is 21.2 Å². The molecule has 0 amide bonds. The fraction of sp³-hybridized carbons (Fsp3) is 0.308. The first kappa shape index (κ1) is 12.2. The molecule has 1 aromatic carbocycles. The molecular formula is C13H14ClN5. The number of benzene rings is 1. The van der Waals surface area contributed by atoms with E-state index in [0.717, 1.165) is 16.4 Å². The zero-order chi connectivity index (χ0) is 13.1. The van der Waals surface area contributed by atoms with Gasteiger partial charge >= 0.3 is 0 Å². The van der Waals surface area contributed by atoms with Crippen LogP contribution in [-0.2, 0) is 6.54 Å². The number of anilines is 2. The molecule has 2 aromatic rings. The van der Waals surface area contributed by atoms with Gasteiger partial charge in [0.15, 0.2) is 5.82 Å². The number of hydrogen-bond acceptors (Lipinski definition) is 5. The van der Waals surface area contributed by atoms with E-state index in [2.05, 4.69) is 25.8 Å². The number of nitrogens with zero attached hydrogens (tertiary/aromatic N) is 3. The van der Waals surface area contributed by atoms with Gasteiger partial charge in [-0.2, -0.15) is 10.1 Å². The van der Waals surface area contributed by atoms with Crippen molar-refractivity contribution in [2.75, 3.05) is 10.6 Å². The van der Waals surface area contributed by atoms with E-state index in [1.807, 2.05) is 24.3 Å². The minimum Gasteiger partial charge on any atom is -0.366 e. The van der Waals surface area contributed by atoms with Gasteiger partial charge in [-0.1, -0.05) is 29.8 Å². The molecule has 19 heavy (non-hydrogen) atoms. The van der Waals surface area contributed by atoms with Crippen LogP contribution >= 0.6 is 11.6 Å². The third kappa shape index (κ3) is 3.32. The lowest BCUT2D eigenvalue weighted by Gasteiger charge is -2.07. The normalized spacial score (nSPS) is 14.2. The molecule has 0 bridgehead atoms. The van der Waals surface area contributed by atoms with Gasteiger partial charge in [0.2, 0.25) is 5.95 Å². The van der Waals surface area contributed by atoms with Gasteiger partial charge < -0.3 is 10.6 Å². The predicted octanol–water partition coefficient (Wildman–Crippen LogP) is 2.71. The third-order valence-corrected chi connectivity index (χ3v) is 3.25. The van der Waals surface area contributed by atoms with E-state index >= 15 is 0 Å². The fourth-order valence-electron chi connectivity index (χ4n) is 1.70. The molecule has 1 aliphatic carbocycles. The number of aromatic nitrogens is 3. The van der Waals surface area contributed by atoms with Gasteiger partial charge in [0.05, 0.1) is 6.20 Å². The van der Waals surface area contributed by atoms with Crippen molar-refractivity contribution in [1.29, 1.82) is 0 Å². The summed E-state index contributed by atoms with van der Waals surface area (Å²) >= 11 is 6.09. The minimum atomic E-state index is 0.505. The average Bonchev–Trinajstić information content (AvgIpc) is 3.22. The maximum Gasteiger partial charge on any atom is 0.244 e. The summed E-state index contributed by atoms with van der Waals surface area (Å²) in [5.41, 5.74) is 1.01. The molecule has 98 valence electrons. The maximum atomic E-state index is 6.09. The molecule has 3 rings (SSSR count). The summed E-state index contributed by atoms with van der Waals surface area (Å²) in [6, 6.07) is 8.24. The number of hydrogen-bond donors (Lipinski definition) is 2. The van der Waals surface area contributed by atoms with Gasteiger partial charge in [0.1, 0.15) is 0 Å². The zero-order valence-corrected chi connectivity index (χ0v) is 11.1. The van der Waals surface area contributed by atoms with Crippen molar-refractivity contribution in [2.45, 2.75) is 25.4 Å². The van der Waals surface area contributed by atoms with Gasteiger partial charge in [-0.05, 0) is 24.5 Å². The Morgan fingerprint density at radius 2 is 2.11 bits per heavy atom. The molecular weight excluding hydrogens is 262 g/mol. The molecule has 0 aliphatic heterocycles. The van der Waals surface area contributed by atoms with Crippen molar-refractivity contribution in [2.24, 2.45) is 0 Å². The first-order valence-corrected chi connectivity index (χ1v) is 6.62. The summed E-state index contributed by atoms with van der Waals surface area (Å²) in [5.74, 6) is 1.27. The largest absolute Gasteiger partial charge is 0.366 e. The fourth-order valence-corrected chi connectivity index (χ4v) is 1.90. The van der Waals surface area contributed by atoms with Crippen LogP contribution < -0.4 is 10.6 Å². The number of rotatable bonds is 5. The Morgan fingerprint density at radius 1 is 1.26 bits per heavy atom. The summed E-state index contributed by atoms with van der Waals surface area (Å²) in [7, 11) is 0. The lowest BCUT2D eigenvalue weighted by Crippen LogP contribution is -2.09. The second kappa shape index (κ2) is 5.40. The van der Waals surface area contributed by atoms with E-state index in [1.54, 1.807) is 6.20 Å². The minimum absolute atomic E-state index is 0.505. The molecule has 1 aromatic heterocycles. The highest BCUT2D eigenvalue weighted by Crippen LogP contribution is 2.23. The van der Waals surface area contributed by atoms with Crippen LogP contribution in [0.5, 0.6) is 0 Å². The van der Waals surface area contributed by atoms with Crippen LogP contribution in [0.1, 0.15) is 18.4 Å². The summed E-state index contributed by atoms with van der Waals surface area (Å²) < 4.78 is 0. The Morgan fingerprint density at radius 3 is 2.89 bits per heavy atom. The number of nitrogens with one attached hydrogen (secondary N) is 2. The number of halogens is 1. The summed E-state index contributed by atoms with van der Waals surface area (Å²) in [4.78, 5) is 4.36. The molecule has 0 radical (unpaired) electrons. The molecule has 1 fully saturated rings. The Labute approximate surface area is 116 Å². The van der Waals surface area contributed by atoms with Crippen LogP contribution in [0.15, 0.2) is 30.5 Å².